The van der Waals surface area contributed by atoms with Gasteiger partial charge in [0.1, 0.15) is 17.1 Å². The fourth-order valence-electron chi connectivity index (χ4n) is 2.36. The van der Waals surface area contributed by atoms with Gasteiger partial charge in [0, 0.05) is 17.7 Å². The number of aromatic hydroxyl groups is 2. The van der Waals surface area contributed by atoms with Crippen molar-refractivity contribution < 1.29 is 38.2 Å². The Balaban J connectivity index is 2.17. The van der Waals surface area contributed by atoms with Gasteiger partial charge in [0.25, 0.3) is 0 Å². The summed E-state index contributed by atoms with van der Waals surface area (Å²) in [6.07, 6.45) is 0. The average molecular weight is 380 g/mol. The molecule has 3 rings (SSSR count). The maximum atomic E-state index is 12.3. The van der Waals surface area contributed by atoms with Crippen LogP contribution in [0.5, 0.6) is 23.0 Å². The van der Waals surface area contributed by atoms with E-state index in [0.717, 1.165) is 6.07 Å². The molecule has 0 unspecified atom stereocenters. The molecule has 0 saturated carbocycles. The first-order valence-electron chi connectivity index (χ1n) is 7.11. The molecule has 4 N–H and O–H groups in total. The molecule has 3 aromatic rings. The lowest BCUT2D eigenvalue weighted by molar-refractivity contribution is 0.283. The molecule has 0 aliphatic carbocycles. The monoisotopic (exact) mass is 380 g/mol. The third-order valence-corrected chi connectivity index (χ3v) is 3.93. The van der Waals surface area contributed by atoms with Crippen molar-refractivity contribution in [3.8, 4) is 34.3 Å². The number of hydrogen-bond donors (Lipinski definition) is 4. The molecule has 0 aliphatic heterocycles. The van der Waals surface area contributed by atoms with E-state index in [4.69, 9.17) is 18.9 Å². The SMILES string of the molecule is COc1cc(-c2cc(=O)c3ccc(OP(=O)(O)O)cc3o2)cc(O)c1O. The van der Waals surface area contributed by atoms with Gasteiger partial charge in [-0.3, -0.25) is 14.6 Å². The third-order valence-electron chi connectivity index (χ3n) is 3.48. The number of benzene rings is 2. The predicted molar refractivity (Wildman–Crippen MR) is 90.5 cm³/mol. The Bertz CT molecular complexity index is 1100. The summed E-state index contributed by atoms with van der Waals surface area (Å²) in [5.74, 6) is -1.10. The molecule has 9 nitrogen and oxygen atoms in total. The van der Waals surface area contributed by atoms with Crippen molar-refractivity contribution in [1.82, 2.24) is 0 Å². The van der Waals surface area contributed by atoms with Crippen molar-refractivity contribution in [2.24, 2.45) is 0 Å². The van der Waals surface area contributed by atoms with Crippen LogP contribution in [0, 0.1) is 0 Å². The van der Waals surface area contributed by atoms with Crippen molar-refractivity contribution in [2.75, 3.05) is 7.11 Å². The Labute approximate surface area is 145 Å². The lowest BCUT2D eigenvalue weighted by Crippen LogP contribution is -2.01. The van der Waals surface area contributed by atoms with Crippen LogP contribution >= 0.6 is 7.82 Å². The van der Waals surface area contributed by atoms with Gasteiger partial charge in [0.05, 0.1) is 12.5 Å². The van der Waals surface area contributed by atoms with E-state index in [9.17, 15) is 19.6 Å². The summed E-state index contributed by atoms with van der Waals surface area (Å²) in [5, 5.41) is 19.6. The van der Waals surface area contributed by atoms with Gasteiger partial charge in [0.2, 0.25) is 5.75 Å². The minimum Gasteiger partial charge on any atom is -0.504 e. The fraction of sp³-hybridized carbons (Fsp3) is 0.0625. The van der Waals surface area contributed by atoms with Crippen LogP contribution in [0.2, 0.25) is 0 Å². The molecular formula is C16H13O9P. The Kier molecular flexibility index (Phi) is 4.37. The van der Waals surface area contributed by atoms with Gasteiger partial charge >= 0.3 is 7.82 Å². The number of rotatable bonds is 4. The molecule has 0 amide bonds. The molecule has 0 saturated heterocycles. The molecule has 0 atom stereocenters. The van der Waals surface area contributed by atoms with Crippen LogP contribution in [-0.2, 0) is 4.57 Å². The number of ether oxygens (including phenoxy) is 1. The summed E-state index contributed by atoms with van der Waals surface area (Å²) in [4.78, 5) is 30.0. The number of hydrogen-bond acceptors (Lipinski definition) is 7. The van der Waals surface area contributed by atoms with Crippen LogP contribution in [0.1, 0.15) is 0 Å². The molecule has 0 radical (unpaired) electrons. The molecule has 26 heavy (non-hydrogen) atoms. The second kappa shape index (κ2) is 6.38. The van der Waals surface area contributed by atoms with Crippen LogP contribution in [0.15, 0.2) is 45.6 Å². The molecule has 0 aliphatic rings. The van der Waals surface area contributed by atoms with Crippen molar-refractivity contribution in [1.29, 1.82) is 0 Å². The minimum absolute atomic E-state index is 0.0185. The van der Waals surface area contributed by atoms with Crippen molar-refractivity contribution in [2.45, 2.75) is 0 Å². The van der Waals surface area contributed by atoms with Crippen LogP contribution in [-0.4, -0.2) is 27.1 Å². The first kappa shape index (κ1) is 17.8. The number of phenols is 2. The number of methoxy groups -OCH3 is 1. The summed E-state index contributed by atoms with van der Waals surface area (Å²) in [5.41, 5.74) is -0.155. The van der Waals surface area contributed by atoms with Crippen LogP contribution in [0.3, 0.4) is 0 Å². The van der Waals surface area contributed by atoms with Crippen molar-refractivity contribution in [3.05, 3.63) is 46.6 Å². The first-order valence-corrected chi connectivity index (χ1v) is 8.64. The van der Waals surface area contributed by atoms with Gasteiger partial charge in [-0.2, -0.15) is 0 Å². The number of phosphoric acid groups is 1. The smallest absolute Gasteiger partial charge is 0.504 e. The Hall–Kier alpha value is -3.00. The van der Waals surface area contributed by atoms with Crippen LogP contribution in [0.4, 0.5) is 0 Å². The van der Waals surface area contributed by atoms with E-state index in [1.54, 1.807) is 0 Å². The fourth-order valence-corrected chi connectivity index (χ4v) is 2.75. The standard InChI is InChI=1S/C16H13O9P/c1-23-15-5-8(4-12(18)16(15)19)13-7-11(17)10-3-2-9(6-14(10)24-13)25-26(20,21)22/h2-7,18-19H,1H3,(H2,20,21,22). The average Bonchev–Trinajstić information content (AvgIpc) is 2.55. The largest absolute Gasteiger partial charge is 0.524 e. The van der Waals surface area contributed by atoms with E-state index in [-0.39, 0.29) is 33.8 Å². The molecule has 1 aromatic heterocycles. The third kappa shape index (κ3) is 3.50. The minimum atomic E-state index is -4.77. The maximum absolute atomic E-state index is 12.3. The summed E-state index contributed by atoms with van der Waals surface area (Å²) >= 11 is 0. The highest BCUT2D eigenvalue weighted by molar-refractivity contribution is 7.46. The van der Waals surface area contributed by atoms with Gasteiger partial charge in [-0.25, -0.2) is 4.57 Å². The molecule has 0 bridgehead atoms. The summed E-state index contributed by atoms with van der Waals surface area (Å²) in [6.45, 7) is 0. The quantitative estimate of drug-likeness (QED) is 0.395. The molecule has 10 heteroatoms. The highest BCUT2D eigenvalue weighted by Gasteiger charge is 2.18. The van der Waals surface area contributed by atoms with E-state index in [1.807, 2.05) is 0 Å². The van der Waals surface area contributed by atoms with Crippen molar-refractivity contribution in [3.63, 3.8) is 0 Å². The zero-order chi connectivity index (χ0) is 19.1. The topological polar surface area (TPSA) is 147 Å². The zero-order valence-electron chi connectivity index (χ0n) is 13.2. The summed E-state index contributed by atoms with van der Waals surface area (Å²) in [6, 6.07) is 7.42. The lowest BCUT2D eigenvalue weighted by Gasteiger charge is -2.10. The van der Waals surface area contributed by atoms with Gasteiger partial charge in [-0.1, -0.05) is 0 Å². The molecular weight excluding hydrogens is 367 g/mol. The van der Waals surface area contributed by atoms with E-state index >= 15 is 0 Å². The molecule has 136 valence electrons. The number of phosphoric ester groups is 1. The van der Waals surface area contributed by atoms with Gasteiger partial charge < -0.3 is 23.9 Å². The van der Waals surface area contributed by atoms with Gasteiger partial charge in [-0.15, -0.1) is 0 Å². The van der Waals surface area contributed by atoms with Crippen molar-refractivity contribution >= 4 is 18.8 Å². The second-order valence-corrected chi connectivity index (χ2v) is 6.42. The first-order chi connectivity index (χ1) is 12.2. The zero-order valence-corrected chi connectivity index (χ0v) is 14.1. The summed E-state index contributed by atoms with van der Waals surface area (Å²) in [7, 11) is -3.48. The van der Waals surface area contributed by atoms with E-state index < -0.39 is 24.8 Å². The van der Waals surface area contributed by atoms with Crippen LogP contribution < -0.4 is 14.7 Å². The second-order valence-electron chi connectivity index (χ2n) is 5.26. The normalized spacial score (nSPS) is 11.5. The Morgan fingerprint density at radius 2 is 1.81 bits per heavy atom. The number of phenolic OH excluding ortho intramolecular Hbond substituents is 2. The van der Waals surface area contributed by atoms with E-state index in [1.165, 1.54) is 37.4 Å². The highest BCUT2D eigenvalue weighted by Crippen LogP contribution is 2.41. The van der Waals surface area contributed by atoms with E-state index in [0.29, 0.717) is 0 Å². The van der Waals surface area contributed by atoms with Gasteiger partial charge in [0.15, 0.2) is 16.9 Å². The Morgan fingerprint density at radius 1 is 1.08 bits per heavy atom. The maximum Gasteiger partial charge on any atom is 0.524 e. The lowest BCUT2D eigenvalue weighted by atomic mass is 10.1. The predicted octanol–water partition coefficient (Wildman–Crippen LogP) is 2.35. The van der Waals surface area contributed by atoms with E-state index in [2.05, 4.69) is 4.52 Å². The van der Waals surface area contributed by atoms with Crippen LogP contribution in [0.25, 0.3) is 22.3 Å². The molecule has 0 spiro atoms. The summed E-state index contributed by atoms with van der Waals surface area (Å²) < 4.78 is 26.0. The number of fused-ring (bicyclic) bond motifs is 1. The molecule has 1 heterocycles. The molecule has 2 aromatic carbocycles. The highest BCUT2D eigenvalue weighted by atomic mass is 31.2. The van der Waals surface area contributed by atoms with Gasteiger partial charge in [-0.05, 0) is 24.3 Å². The Morgan fingerprint density at radius 3 is 2.46 bits per heavy atom. The molecule has 0 fully saturated rings.